The average Bonchev–Trinajstić information content (AvgIpc) is 3.27. The molecule has 176 valence electrons. The highest BCUT2D eigenvalue weighted by molar-refractivity contribution is 7.99. The Morgan fingerprint density at radius 1 is 1.12 bits per heavy atom. The van der Waals surface area contributed by atoms with Gasteiger partial charge in [-0.2, -0.15) is 0 Å². The first kappa shape index (κ1) is 23.4. The number of benzene rings is 2. The van der Waals surface area contributed by atoms with E-state index in [0.717, 1.165) is 17.0 Å². The monoisotopic (exact) mass is 479 g/mol. The van der Waals surface area contributed by atoms with E-state index >= 15 is 0 Å². The number of ether oxygens (including phenoxy) is 2. The summed E-state index contributed by atoms with van der Waals surface area (Å²) in [6.45, 7) is 3.75. The van der Waals surface area contributed by atoms with Crippen LogP contribution in [0.25, 0.3) is 17.1 Å². The molecule has 2 aromatic carbocycles. The maximum Gasteiger partial charge on any atom is 0.337 e. The number of para-hydroxylation sites is 1. The first-order valence-electron chi connectivity index (χ1n) is 10.8. The van der Waals surface area contributed by atoms with Crippen LogP contribution in [0.3, 0.4) is 0 Å². The van der Waals surface area contributed by atoms with Crippen LogP contribution in [0.2, 0.25) is 0 Å². The Balaban J connectivity index is 1.70. The molecule has 2 N–H and O–H groups in total. The minimum absolute atomic E-state index is 0.247. The van der Waals surface area contributed by atoms with E-state index in [1.165, 1.54) is 11.8 Å². The fourth-order valence-corrected chi connectivity index (χ4v) is 4.55. The normalized spacial score (nSPS) is 15.5. The molecule has 0 radical (unpaired) electrons. The smallest absolute Gasteiger partial charge is 0.337 e. The molecule has 1 aromatic heterocycles. The Bertz CT molecular complexity index is 1210. The van der Waals surface area contributed by atoms with Gasteiger partial charge < -0.3 is 20.1 Å². The summed E-state index contributed by atoms with van der Waals surface area (Å²) in [6.07, 6.45) is 0. The summed E-state index contributed by atoms with van der Waals surface area (Å²) in [5, 5.41) is 14.9. The van der Waals surface area contributed by atoms with E-state index in [0.29, 0.717) is 28.0 Å². The van der Waals surface area contributed by atoms with Crippen molar-refractivity contribution in [1.29, 1.82) is 0 Å². The first-order valence-corrected chi connectivity index (χ1v) is 11.8. The predicted octanol–water partition coefficient (Wildman–Crippen LogP) is 3.55. The second kappa shape index (κ2) is 10.4. The lowest BCUT2D eigenvalue weighted by atomic mass is 10.1. The van der Waals surface area contributed by atoms with E-state index in [9.17, 15) is 9.59 Å². The quantitative estimate of drug-likeness (QED) is 0.376. The number of carbonyl (C=O) groups excluding carboxylic acids is 2. The number of urea groups is 1. The van der Waals surface area contributed by atoms with Crippen LogP contribution in [0, 0.1) is 0 Å². The summed E-state index contributed by atoms with van der Waals surface area (Å²) in [6, 6.07) is 16.5. The zero-order valence-electron chi connectivity index (χ0n) is 19.1. The highest BCUT2D eigenvalue weighted by Gasteiger charge is 2.30. The minimum Gasteiger partial charge on any atom is -0.497 e. The average molecular weight is 480 g/mol. The van der Waals surface area contributed by atoms with Crippen molar-refractivity contribution < 1.29 is 19.1 Å². The van der Waals surface area contributed by atoms with Crippen LogP contribution >= 0.6 is 11.8 Å². The lowest BCUT2D eigenvalue weighted by Gasteiger charge is -2.26. The summed E-state index contributed by atoms with van der Waals surface area (Å²) in [5.41, 5.74) is 2.66. The van der Waals surface area contributed by atoms with Crippen LogP contribution in [0.15, 0.2) is 71.0 Å². The molecule has 34 heavy (non-hydrogen) atoms. The van der Waals surface area contributed by atoms with Crippen molar-refractivity contribution in [2.24, 2.45) is 0 Å². The first-order chi connectivity index (χ1) is 16.5. The summed E-state index contributed by atoms with van der Waals surface area (Å²) in [4.78, 5) is 24.6. The van der Waals surface area contributed by atoms with Gasteiger partial charge in [0, 0.05) is 22.7 Å². The molecule has 1 aliphatic heterocycles. The Hall–Kier alpha value is -3.79. The molecule has 0 saturated heterocycles. The summed E-state index contributed by atoms with van der Waals surface area (Å²) < 4.78 is 12.4. The third-order valence-electron chi connectivity index (χ3n) is 5.21. The SMILES string of the molecule is CCOC(=O)C1=C(CSc2nnc(-c3ccc(OC)cc3)n2-c2ccccc2)NC(=O)NC1C. The van der Waals surface area contributed by atoms with Gasteiger partial charge in [0.1, 0.15) is 5.75 Å². The van der Waals surface area contributed by atoms with Crippen LogP contribution in [-0.4, -0.2) is 52.3 Å². The van der Waals surface area contributed by atoms with E-state index in [4.69, 9.17) is 9.47 Å². The van der Waals surface area contributed by atoms with Crippen molar-refractivity contribution in [2.45, 2.75) is 25.0 Å². The molecule has 1 aliphatic rings. The van der Waals surface area contributed by atoms with Gasteiger partial charge in [0.2, 0.25) is 0 Å². The van der Waals surface area contributed by atoms with Crippen LogP contribution < -0.4 is 15.4 Å². The molecule has 9 nitrogen and oxygen atoms in total. The molecule has 4 rings (SSSR count). The van der Waals surface area contributed by atoms with Crippen molar-refractivity contribution in [1.82, 2.24) is 25.4 Å². The molecule has 2 heterocycles. The fraction of sp³-hybridized carbons (Fsp3) is 0.250. The summed E-state index contributed by atoms with van der Waals surface area (Å²) in [5.74, 6) is 1.26. The molecule has 0 bridgehead atoms. The zero-order valence-corrected chi connectivity index (χ0v) is 19.9. The van der Waals surface area contributed by atoms with Gasteiger partial charge in [0.25, 0.3) is 0 Å². The molecule has 0 fully saturated rings. The topological polar surface area (TPSA) is 107 Å². The lowest BCUT2D eigenvalue weighted by Crippen LogP contribution is -2.49. The van der Waals surface area contributed by atoms with Gasteiger partial charge in [-0.05, 0) is 50.2 Å². The number of rotatable bonds is 8. The van der Waals surface area contributed by atoms with Crippen molar-refractivity contribution in [3.05, 3.63) is 65.9 Å². The summed E-state index contributed by atoms with van der Waals surface area (Å²) >= 11 is 1.37. The lowest BCUT2D eigenvalue weighted by molar-refractivity contribution is -0.138. The largest absolute Gasteiger partial charge is 0.497 e. The van der Waals surface area contributed by atoms with E-state index in [2.05, 4.69) is 20.8 Å². The van der Waals surface area contributed by atoms with Gasteiger partial charge >= 0.3 is 12.0 Å². The Morgan fingerprint density at radius 2 is 1.85 bits per heavy atom. The number of carbonyl (C=O) groups is 2. The second-order valence-corrected chi connectivity index (χ2v) is 8.37. The number of aromatic nitrogens is 3. The molecule has 2 amide bonds. The number of nitrogens with one attached hydrogen (secondary N) is 2. The molecule has 1 unspecified atom stereocenters. The predicted molar refractivity (Wildman–Crippen MR) is 129 cm³/mol. The molecular formula is C24H25N5O4S. The Labute approximate surface area is 201 Å². The molecule has 3 aromatic rings. The zero-order chi connectivity index (χ0) is 24.1. The van der Waals surface area contributed by atoms with E-state index in [1.807, 2.05) is 59.2 Å². The van der Waals surface area contributed by atoms with Crippen molar-refractivity contribution in [2.75, 3.05) is 19.5 Å². The minimum atomic E-state index is -0.467. The molecule has 1 atom stereocenters. The van der Waals surface area contributed by atoms with E-state index in [-0.39, 0.29) is 12.6 Å². The van der Waals surface area contributed by atoms with Crippen molar-refractivity contribution in [3.63, 3.8) is 0 Å². The standard InChI is InChI=1S/C24H25N5O4S/c1-4-33-22(30)20-15(2)25-23(31)26-19(20)14-34-24-28-27-21(16-10-12-18(32-3)13-11-16)29(24)17-8-6-5-7-9-17/h5-13,15H,4,14H2,1-3H3,(H2,25,26,31). The van der Waals surface area contributed by atoms with Crippen LogP contribution in [-0.2, 0) is 9.53 Å². The number of nitrogens with zero attached hydrogens (tertiary/aromatic N) is 3. The highest BCUT2D eigenvalue weighted by atomic mass is 32.2. The molecule has 10 heteroatoms. The molecule has 0 saturated carbocycles. The van der Waals surface area contributed by atoms with Gasteiger partial charge in [-0.3, -0.25) is 4.57 Å². The third-order valence-corrected chi connectivity index (χ3v) is 6.16. The second-order valence-electron chi connectivity index (χ2n) is 7.43. The maximum absolute atomic E-state index is 12.5. The number of hydrogen-bond acceptors (Lipinski definition) is 7. The highest BCUT2D eigenvalue weighted by Crippen LogP contribution is 2.30. The van der Waals surface area contributed by atoms with E-state index in [1.54, 1.807) is 21.0 Å². The Morgan fingerprint density at radius 3 is 2.53 bits per heavy atom. The number of thioether (sulfide) groups is 1. The number of hydrogen-bond donors (Lipinski definition) is 2. The van der Waals surface area contributed by atoms with Gasteiger partial charge in [0.05, 0.1) is 25.3 Å². The van der Waals surface area contributed by atoms with Gasteiger partial charge in [0.15, 0.2) is 11.0 Å². The molecule has 0 aliphatic carbocycles. The van der Waals surface area contributed by atoms with Crippen LogP contribution in [0.5, 0.6) is 5.75 Å². The number of amides is 2. The van der Waals surface area contributed by atoms with E-state index < -0.39 is 12.0 Å². The molecule has 0 spiro atoms. The van der Waals surface area contributed by atoms with Crippen molar-refractivity contribution >= 4 is 23.8 Å². The molecular weight excluding hydrogens is 454 g/mol. The number of esters is 1. The Kier molecular flexibility index (Phi) is 7.17. The van der Waals surface area contributed by atoms with Crippen LogP contribution in [0.4, 0.5) is 4.79 Å². The fourth-order valence-electron chi connectivity index (χ4n) is 3.63. The van der Waals surface area contributed by atoms with Crippen LogP contribution in [0.1, 0.15) is 13.8 Å². The number of methoxy groups -OCH3 is 1. The van der Waals surface area contributed by atoms with Crippen molar-refractivity contribution in [3.8, 4) is 22.8 Å². The third kappa shape index (κ3) is 4.91. The van der Waals surface area contributed by atoms with Gasteiger partial charge in [-0.25, -0.2) is 9.59 Å². The van der Waals surface area contributed by atoms with Gasteiger partial charge in [-0.1, -0.05) is 30.0 Å². The maximum atomic E-state index is 12.5. The summed E-state index contributed by atoms with van der Waals surface area (Å²) in [7, 11) is 1.62. The van der Waals surface area contributed by atoms with Gasteiger partial charge in [-0.15, -0.1) is 10.2 Å².